The van der Waals surface area contributed by atoms with Crippen LogP contribution in [0.1, 0.15) is 5.69 Å². The highest BCUT2D eigenvalue weighted by Gasteiger charge is 2.28. The van der Waals surface area contributed by atoms with Crippen LogP contribution in [0.5, 0.6) is 0 Å². The van der Waals surface area contributed by atoms with E-state index in [4.69, 9.17) is 5.11 Å². The highest BCUT2D eigenvalue weighted by molar-refractivity contribution is 7.89. The van der Waals surface area contributed by atoms with Gasteiger partial charge in [0.2, 0.25) is 0 Å². The summed E-state index contributed by atoms with van der Waals surface area (Å²) >= 11 is 0. The SMILES string of the molecule is Cc1nccnc1S(=O)(=O)N(C)C(=O)O. The first-order valence-electron chi connectivity index (χ1n) is 3.87. The van der Waals surface area contributed by atoms with E-state index in [1.54, 1.807) is 0 Å². The Labute approximate surface area is 86.4 Å². The third kappa shape index (κ3) is 2.04. The highest BCUT2D eigenvalue weighted by Crippen LogP contribution is 2.13. The minimum Gasteiger partial charge on any atom is -0.464 e. The van der Waals surface area contributed by atoms with E-state index in [9.17, 15) is 13.2 Å². The van der Waals surface area contributed by atoms with Crippen molar-refractivity contribution in [3.8, 4) is 0 Å². The zero-order valence-electron chi connectivity index (χ0n) is 8.08. The number of rotatable bonds is 2. The minimum absolute atomic E-state index is 0.158. The lowest BCUT2D eigenvalue weighted by Crippen LogP contribution is -2.32. The first-order valence-corrected chi connectivity index (χ1v) is 5.31. The largest absolute Gasteiger partial charge is 0.464 e. The number of carboxylic acid groups (broad SMARTS) is 1. The lowest BCUT2D eigenvalue weighted by atomic mass is 10.5. The number of aryl methyl sites for hydroxylation is 1. The second kappa shape index (κ2) is 3.81. The number of carbonyl (C=O) groups is 1. The molecule has 15 heavy (non-hydrogen) atoms. The maximum atomic E-state index is 11.6. The number of aromatic nitrogens is 2. The summed E-state index contributed by atoms with van der Waals surface area (Å²) < 4.78 is 23.5. The van der Waals surface area contributed by atoms with E-state index >= 15 is 0 Å². The van der Waals surface area contributed by atoms with Gasteiger partial charge < -0.3 is 5.11 Å². The fourth-order valence-corrected chi connectivity index (χ4v) is 1.97. The van der Waals surface area contributed by atoms with Crippen molar-refractivity contribution in [2.45, 2.75) is 11.9 Å². The lowest BCUT2D eigenvalue weighted by molar-refractivity contribution is 0.178. The molecule has 0 saturated heterocycles. The van der Waals surface area contributed by atoms with Gasteiger partial charge in [-0.05, 0) is 6.92 Å². The van der Waals surface area contributed by atoms with Crippen molar-refractivity contribution in [3.05, 3.63) is 18.1 Å². The molecule has 0 aliphatic carbocycles. The summed E-state index contributed by atoms with van der Waals surface area (Å²) in [5, 5.41) is 8.22. The van der Waals surface area contributed by atoms with Crippen LogP contribution in [-0.2, 0) is 10.0 Å². The van der Waals surface area contributed by atoms with Crippen molar-refractivity contribution in [2.75, 3.05) is 7.05 Å². The molecule has 0 fully saturated rings. The van der Waals surface area contributed by atoms with Crippen LogP contribution in [0.4, 0.5) is 4.79 Å². The van der Waals surface area contributed by atoms with Gasteiger partial charge in [-0.15, -0.1) is 0 Å². The van der Waals surface area contributed by atoms with Crippen molar-refractivity contribution < 1.29 is 18.3 Å². The quantitative estimate of drug-likeness (QED) is 0.773. The van der Waals surface area contributed by atoms with Crippen LogP contribution < -0.4 is 0 Å². The Morgan fingerprint density at radius 1 is 1.40 bits per heavy atom. The molecule has 0 unspecified atom stereocenters. The molecule has 0 bridgehead atoms. The number of sulfonamides is 1. The smallest absolute Gasteiger partial charge is 0.421 e. The average molecular weight is 231 g/mol. The molecule has 0 aliphatic heterocycles. The van der Waals surface area contributed by atoms with Crippen LogP contribution in [0.3, 0.4) is 0 Å². The molecular formula is C7H9N3O4S. The Bertz CT molecular complexity index is 485. The van der Waals surface area contributed by atoms with Gasteiger partial charge >= 0.3 is 6.09 Å². The maximum absolute atomic E-state index is 11.6. The summed E-state index contributed by atoms with van der Waals surface area (Å²) in [5.41, 5.74) is 0.158. The number of hydrogen-bond acceptors (Lipinski definition) is 5. The zero-order valence-corrected chi connectivity index (χ0v) is 8.89. The highest BCUT2D eigenvalue weighted by atomic mass is 32.2. The Morgan fingerprint density at radius 3 is 2.40 bits per heavy atom. The number of hydrogen-bond donors (Lipinski definition) is 1. The van der Waals surface area contributed by atoms with E-state index < -0.39 is 16.1 Å². The third-order valence-electron chi connectivity index (χ3n) is 1.71. The van der Waals surface area contributed by atoms with E-state index in [2.05, 4.69) is 9.97 Å². The summed E-state index contributed by atoms with van der Waals surface area (Å²) in [6, 6.07) is 0. The molecule has 82 valence electrons. The lowest BCUT2D eigenvalue weighted by Gasteiger charge is -2.13. The van der Waals surface area contributed by atoms with E-state index in [1.165, 1.54) is 19.3 Å². The first-order chi connectivity index (χ1) is 6.87. The topological polar surface area (TPSA) is 100 Å². The van der Waals surface area contributed by atoms with Crippen LogP contribution in [-0.4, -0.2) is 40.9 Å². The fraction of sp³-hybridized carbons (Fsp3) is 0.286. The maximum Gasteiger partial charge on any atom is 0.421 e. The van der Waals surface area contributed by atoms with Gasteiger partial charge in [-0.2, -0.15) is 8.42 Å². The van der Waals surface area contributed by atoms with E-state index in [0.717, 1.165) is 7.05 Å². The van der Waals surface area contributed by atoms with Gasteiger partial charge in [0.15, 0.2) is 5.03 Å². The van der Waals surface area contributed by atoms with Gasteiger partial charge in [0, 0.05) is 19.4 Å². The molecule has 1 heterocycles. The molecule has 1 rings (SSSR count). The van der Waals surface area contributed by atoms with E-state index in [0.29, 0.717) is 0 Å². The Balaban J connectivity index is 3.30. The minimum atomic E-state index is -4.11. The summed E-state index contributed by atoms with van der Waals surface area (Å²) in [6.07, 6.45) is 0.949. The van der Waals surface area contributed by atoms with Crippen LogP contribution in [0.2, 0.25) is 0 Å². The summed E-state index contributed by atoms with van der Waals surface area (Å²) in [5.74, 6) is 0. The molecule has 0 aromatic carbocycles. The van der Waals surface area contributed by atoms with E-state index in [-0.39, 0.29) is 15.0 Å². The van der Waals surface area contributed by atoms with Crippen molar-refractivity contribution >= 4 is 16.1 Å². The fourth-order valence-electron chi connectivity index (χ4n) is 0.881. The average Bonchev–Trinajstić information content (AvgIpc) is 2.16. The third-order valence-corrected chi connectivity index (χ3v) is 3.48. The van der Waals surface area contributed by atoms with Gasteiger partial charge in [0.1, 0.15) is 0 Å². The summed E-state index contributed by atoms with van der Waals surface area (Å²) in [4.78, 5) is 17.9. The molecule has 8 heteroatoms. The Hall–Kier alpha value is -1.70. The predicted molar refractivity (Wildman–Crippen MR) is 49.7 cm³/mol. The standard InChI is InChI=1S/C7H9N3O4S/c1-5-6(9-4-3-8-5)15(13,14)10(2)7(11)12/h3-4H,1-2H3,(H,11,12). The zero-order chi connectivity index (χ0) is 11.6. The molecule has 0 spiro atoms. The molecule has 0 aliphatic rings. The second-order valence-corrected chi connectivity index (χ2v) is 4.59. The molecular weight excluding hydrogens is 222 g/mol. The first kappa shape index (κ1) is 11.4. The van der Waals surface area contributed by atoms with Gasteiger partial charge in [-0.3, -0.25) is 4.98 Å². The molecule has 0 saturated carbocycles. The second-order valence-electron chi connectivity index (χ2n) is 2.70. The van der Waals surface area contributed by atoms with Crippen molar-refractivity contribution in [1.29, 1.82) is 0 Å². The molecule has 1 aromatic rings. The van der Waals surface area contributed by atoms with Gasteiger partial charge in [0.25, 0.3) is 10.0 Å². The molecule has 1 amide bonds. The molecule has 0 atom stereocenters. The summed E-state index contributed by atoms with van der Waals surface area (Å²) in [7, 11) is -3.17. The molecule has 1 aromatic heterocycles. The van der Waals surface area contributed by atoms with Crippen molar-refractivity contribution in [2.24, 2.45) is 0 Å². The monoisotopic (exact) mass is 231 g/mol. The number of nitrogens with zero attached hydrogens (tertiary/aromatic N) is 3. The van der Waals surface area contributed by atoms with Crippen LogP contribution in [0.15, 0.2) is 17.4 Å². The Kier molecular flexibility index (Phi) is 2.89. The van der Waals surface area contributed by atoms with Gasteiger partial charge in [0.05, 0.1) is 5.69 Å². The number of amides is 1. The van der Waals surface area contributed by atoms with Crippen LogP contribution >= 0.6 is 0 Å². The van der Waals surface area contributed by atoms with Crippen molar-refractivity contribution in [1.82, 2.24) is 14.3 Å². The van der Waals surface area contributed by atoms with Gasteiger partial charge in [-0.25, -0.2) is 14.1 Å². The van der Waals surface area contributed by atoms with Gasteiger partial charge in [-0.1, -0.05) is 0 Å². The van der Waals surface area contributed by atoms with E-state index in [1.807, 2.05) is 0 Å². The van der Waals surface area contributed by atoms with Crippen LogP contribution in [0, 0.1) is 6.92 Å². The normalized spacial score (nSPS) is 11.1. The Morgan fingerprint density at radius 2 is 1.93 bits per heavy atom. The van der Waals surface area contributed by atoms with Crippen LogP contribution in [0.25, 0.3) is 0 Å². The molecule has 0 radical (unpaired) electrons. The molecule has 7 nitrogen and oxygen atoms in total. The predicted octanol–water partition coefficient (Wildman–Crippen LogP) is 0.0835. The molecule has 1 N–H and O–H groups in total. The van der Waals surface area contributed by atoms with Crippen molar-refractivity contribution in [3.63, 3.8) is 0 Å². The summed E-state index contributed by atoms with van der Waals surface area (Å²) in [6.45, 7) is 1.44.